The van der Waals surface area contributed by atoms with E-state index in [1.807, 2.05) is 62.4 Å². The molecule has 0 atom stereocenters. The third-order valence-corrected chi connectivity index (χ3v) is 8.18. The highest BCUT2D eigenvalue weighted by molar-refractivity contribution is 7.89. The predicted molar refractivity (Wildman–Crippen MR) is 150 cm³/mol. The molecule has 1 spiro atoms. The van der Waals surface area contributed by atoms with Crippen LogP contribution in [-0.2, 0) is 26.8 Å². The molecule has 3 amide bonds. The van der Waals surface area contributed by atoms with Gasteiger partial charge in [0.05, 0.1) is 17.1 Å². The Kier molecular flexibility index (Phi) is 6.61. The SMILES string of the molecule is CC.NC(=O)N1CC2(C1)C(=O)N(Cc1ncc3ccccc3c1-c1ccc(S(N)(=O)=O)cc1)c1ccccc12. The molecule has 1 saturated heterocycles. The van der Waals surface area contributed by atoms with Crippen molar-refractivity contribution in [2.75, 3.05) is 18.0 Å². The summed E-state index contributed by atoms with van der Waals surface area (Å²) in [6, 6.07) is 21.1. The van der Waals surface area contributed by atoms with Crippen LogP contribution in [0.5, 0.6) is 0 Å². The molecule has 0 saturated carbocycles. The van der Waals surface area contributed by atoms with E-state index in [1.54, 1.807) is 23.2 Å². The highest BCUT2D eigenvalue weighted by Gasteiger charge is 2.59. The maximum absolute atomic E-state index is 13.8. The Balaban J connectivity index is 0.00000151. The Hall–Kier alpha value is -4.28. The molecule has 2 aliphatic rings. The number of carbonyl (C=O) groups excluding carboxylic acids is 2. The highest BCUT2D eigenvalue weighted by atomic mass is 32.2. The van der Waals surface area contributed by atoms with Gasteiger partial charge in [-0.3, -0.25) is 9.78 Å². The van der Waals surface area contributed by atoms with Gasteiger partial charge in [0, 0.05) is 35.9 Å². The summed E-state index contributed by atoms with van der Waals surface area (Å²) in [6.07, 6.45) is 1.77. The molecule has 6 rings (SSSR count). The minimum Gasteiger partial charge on any atom is -0.351 e. The largest absolute Gasteiger partial charge is 0.351 e. The zero-order valence-electron chi connectivity index (χ0n) is 21.7. The van der Waals surface area contributed by atoms with Crippen molar-refractivity contribution in [3.63, 3.8) is 0 Å². The molecule has 1 fully saturated rings. The third kappa shape index (κ3) is 4.31. The summed E-state index contributed by atoms with van der Waals surface area (Å²) in [5.74, 6) is -0.100. The van der Waals surface area contributed by atoms with Crippen molar-refractivity contribution in [2.45, 2.75) is 30.7 Å². The standard InChI is InChI=1S/C27H23N5O4S.C2H6/c28-26(34)31-15-27(16-31)21-7-3-4-8-23(21)32(25(27)33)14-22-24(20-6-2-1-5-18(20)13-30-22)17-9-11-19(12-10-17)37(29,35)36;1-2/h1-13H,14-16H2,(H2,28,34)(H2,29,35,36);1-2H3. The number of nitrogens with zero attached hydrogens (tertiary/aromatic N) is 3. The number of nitrogens with two attached hydrogens (primary N) is 2. The highest BCUT2D eigenvalue weighted by Crippen LogP contribution is 2.48. The zero-order valence-corrected chi connectivity index (χ0v) is 22.5. The van der Waals surface area contributed by atoms with Gasteiger partial charge in [0.25, 0.3) is 0 Å². The van der Waals surface area contributed by atoms with Crippen LogP contribution >= 0.6 is 0 Å². The van der Waals surface area contributed by atoms with E-state index in [4.69, 9.17) is 15.9 Å². The number of rotatable bonds is 4. The van der Waals surface area contributed by atoms with E-state index < -0.39 is 21.5 Å². The Morgan fingerprint density at radius 1 is 0.974 bits per heavy atom. The number of urea groups is 1. The minimum absolute atomic E-state index is 0.0144. The van der Waals surface area contributed by atoms with Crippen LogP contribution in [0.2, 0.25) is 0 Å². The van der Waals surface area contributed by atoms with Crippen molar-refractivity contribution in [1.82, 2.24) is 9.88 Å². The predicted octanol–water partition coefficient (Wildman–Crippen LogP) is 3.75. The number of hydrogen-bond acceptors (Lipinski definition) is 5. The van der Waals surface area contributed by atoms with Crippen molar-refractivity contribution < 1.29 is 18.0 Å². The first kappa shape index (κ1) is 26.3. The second-order valence-electron chi connectivity index (χ2n) is 9.42. The van der Waals surface area contributed by atoms with Crippen LogP contribution in [0, 0.1) is 0 Å². The summed E-state index contributed by atoms with van der Waals surface area (Å²) < 4.78 is 23.6. The number of pyridine rings is 1. The van der Waals surface area contributed by atoms with Crippen LogP contribution in [0.25, 0.3) is 21.9 Å². The summed E-state index contributed by atoms with van der Waals surface area (Å²) >= 11 is 0. The molecule has 0 unspecified atom stereocenters. The van der Waals surface area contributed by atoms with Gasteiger partial charge in [0.2, 0.25) is 15.9 Å². The molecule has 2 aliphatic heterocycles. The fourth-order valence-electron chi connectivity index (χ4n) is 5.43. The second kappa shape index (κ2) is 9.79. The minimum atomic E-state index is -3.84. The average molecular weight is 544 g/mol. The van der Waals surface area contributed by atoms with E-state index in [-0.39, 0.29) is 30.4 Å². The number of primary amides is 1. The number of hydrogen-bond donors (Lipinski definition) is 2. The second-order valence-corrected chi connectivity index (χ2v) is 11.0. The molecule has 1 aromatic heterocycles. The Morgan fingerprint density at radius 2 is 1.62 bits per heavy atom. The van der Waals surface area contributed by atoms with E-state index in [0.717, 1.165) is 33.2 Å². The first-order valence-electron chi connectivity index (χ1n) is 12.6. The summed E-state index contributed by atoms with van der Waals surface area (Å²) in [7, 11) is -3.84. The van der Waals surface area contributed by atoms with Crippen LogP contribution in [0.1, 0.15) is 25.1 Å². The van der Waals surface area contributed by atoms with Crippen LogP contribution in [-0.4, -0.2) is 43.3 Å². The number of benzene rings is 3. The van der Waals surface area contributed by atoms with Gasteiger partial charge in [-0.25, -0.2) is 18.4 Å². The number of amides is 3. The number of para-hydroxylation sites is 1. The molecule has 3 aromatic carbocycles. The van der Waals surface area contributed by atoms with Gasteiger partial charge < -0.3 is 15.5 Å². The molecule has 0 aliphatic carbocycles. The van der Waals surface area contributed by atoms with Crippen LogP contribution < -0.4 is 15.8 Å². The van der Waals surface area contributed by atoms with Gasteiger partial charge in [0.15, 0.2) is 0 Å². The van der Waals surface area contributed by atoms with Crippen molar-refractivity contribution in [3.8, 4) is 11.1 Å². The number of anilines is 1. The molecule has 4 N–H and O–H groups in total. The quantitative estimate of drug-likeness (QED) is 0.403. The number of likely N-dealkylation sites (tertiary alicyclic amines) is 1. The molecule has 9 nitrogen and oxygen atoms in total. The first-order valence-corrected chi connectivity index (χ1v) is 14.2. The lowest BCUT2D eigenvalue weighted by molar-refractivity contribution is -0.127. The van der Waals surface area contributed by atoms with E-state index in [0.29, 0.717) is 5.69 Å². The lowest BCUT2D eigenvalue weighted by atomic mass is 9.75. The molecule has 3 heterocycles. The van der Waals surface area contributed by atoms with Gasteiger partial charge in [-0.1, -0.05) is 68.4 Å². The van der Waals surface area contributed by atoms with Gasteiger partial charge in [-0.05, 0) is 34.7 Å². The van der Waals surface area contributed by atoms with E-state index >= 15 is 0 Å². The van der Waals surface area contributed by atoms with Crippen molar-refractivity contribution in [1.29, 1.82) is 0 Å². The topological polar surface area (TPSA) is 140 Å². The van der Waals surface area contributed by atoms with Crippen molar-refractivity contribution in [2.24, 2.45) is 10.9 Å². The fourth-order valence-corrected chi connectivity index (χ4v) is 5.94. The number of aromatic nitrogens is 1. The molecule has 10 heteroatoms. The average Bonchev–Trinajstić information content (AvgIpc) is 3.16. The van der Waals surface area contributed by atoms with Crippen molar-refractivity contribution in [3.05, 3.63) is 90.3 Å². The summed E-state index contributed by atoms with van der Waals surface area (Å²) in [5, 5.41) is 7.13. The Bertz CT molecular complexity index is 1700. The molecular weight excluding hydrogens is 514 g/mol. The summed E-state index contributed by atoms with van der Waals surface area (Å²) in [4.78, 5) is 33.5. The van der Waals surface area contributed by atoms with Gasteiger partial charge in [0.1, 0.15) is 5.41 Å². The lowest BCUT2D eigenvalue weighted by Gasteiger charge is -2.45. The Labute approximate surface area is 227 Å². The number of primary sulfonamides is 1. The van der Waals surface area contributed by atoms with Crippen LogP contribution in [0.3, 0.4) is 0 Å². The molecular formula is C29H29N5O4S. The normalized spacial score (nSPS) is 15.5. The van der Waals surface area contributed by atoms with Crippen molar-refractivity contribution >= 4 is 38.4 Å². The molecule has 4 aromatic rings. The fraction of sp³-hybridized carbons (Fsp3) is 0.207. The third-order valence-electron chi connectivity index (χ3n) is 7.26. The lowest BCUT2D eigenvalue weighted by Crippen LogP contribution is -2.66. The zero-order chi connectivity index (χ0) is 27.9. The molecule has 200 valence electrons. The van der Waals surface area contributed by atoms with Gasteiger partial charge in [-0.2, -0.15) is 0 Å². The smallest absolute Gasteiger partial charge is 0.314 e. The van der Waals surface area contributed by atoms with E-state index in [2.05, 4.69) is 0 Å². The van der Waals surface area contributed by atoms with Crippen LogP contribution in [0.15, 0.2) is 83.9 Å². The van der Waals surface area contributed by atoms with Gasteiger partial charge in [-0.15, -0.1) is 0 Å². The molecule has 0 radical (unpaired) electrons. The maximum atomic E-state index is 13.8. The van der Waals surface area contributed by atoms with Gasteiger partial charge >= 0.3 is 6.03 Å². The van der Waals surface area contributed by atoms with E-state index in [9.17, 15) is 18.0 Å². The maximum Gasteiger partial charge on any atom is 0.314 e. The summed E-state index contributed by atoms with van der Waals surface area (Å²) in [6.45, 7) is 4.68. The number of fused-ring (bicyclic) bond motifs is 3. The monoisotopic (exact) mass is 543 g/mol. The summed E-state index contributed by atoms with van der Waals surface area (Å²) in [5.41, 5.74) is 8.50. The molecule has 39 heavy (non-hydrogen) atoms. The van der Waals surface area contributed by atoms with Crippen LogP contribution in [0.4, 0.5) is 10.5 Å². The number of sulfonamides is 1. The first-order chi connectivity index (χ1) is 18.7. The van der Waals surface area contributed by atoms with E-state index in [1.165, 1.54) is 17.0 Å². The molecule has 0 bridgehead atoms. The Morgan fingerprint density at radius 3 is 2.28 bits per heavy atom. The number of carbonyl (C=O) groups is 2.